The zero-order chi connectivity index (χ0) is 44.0. The average molecular weight is 870 g/mol. The minimum Gasteiger partial charge on any atom is -0.453 e. The summed E-state index contributed by atoms with van der Waals surface area (Å²) in [4.78, 5) is 59.1. The molecule has 0 radical (unpaired) electrons. The van der Waals surface area contributed by atoms with Crippen molar-refractivity contribution in [2.45, 2.75) is 76.8 Å². The van der Waals surface area contributed by atoms with E-state index in [2.05, 4.69) is 37.4 Å². The molecule has 18 heteroatoms. The molecular weight excluding hydrogens is 818 g/mol. The van der Waals surface area contributed by atoms with Gasteiger partial charge in [-0.1, -0.05) is 19.1 Å². The highest BCUT2D eigenvalue weighted by molar-refractivity contribution is 7.90. The molecule has 62 heavy (non-hydrogen) atoms. The SMILES string of the molecule is CCN(C)S(=O)(=O)Nc1ccc(F)c(Oc2ccc3ncn(CCCC4CCN(C(=O)CN5CCC(c6ccc(NC7CCC(=O)NC7=O)cc6)CC5)CC4)c(=O)c3c2)c1C#N. The lowest BCUT2D eigenvalue weighted by atomic mass is 9.89. The van der Waals surface area contributed by atoms with Gasteiger partial charge in [-0.2, -0.15) is 18.0 Å². The van der Waals surface area contributed by atoms with E-state index in [1.165, 1.54) is 35.6 Å². The fourth-order valence-electron chi connectivity index (χ4n) is 8.34. The summed E-state index contributed by atoms with van der Waals surface area (Å²) in [5, 5.41) is 15.7. The van der Waals surface area contributed by atoms with Crippen molar-refractivity contribution in [2.24, 2.45) is 5.92 Å². The molecule has 3 amide bonds. The molecule has 16 nitrogen and oxygen atoms in total. The highest BCUT2D eigenvalue weighted by Crippen LogP contribution is 2.35. The van der Waals surface area contributed by atoms with E-state index in [4.69, 9.17) is 4.74 Å². The molecule has 3 fully saturated rings. The number of fused-ring (bicyclic) bond motifs is 1. The minimum absolute atomic E-state index is 0.0752. The normalized spacial score (nSPS) is 18.1. The van der Waals surface area contributed by atoms with Crippen LogP contribution in [0, 0.1) is 23.1 Å². The molecule has 4 heterocycles. The Morgan fingerprint density at radius 3 is 2.45 bits per heavy atom. The number of carbonyl (C=O) groups excluding carboxylic acids is 3. The van der Waals surface area contributed by atoms with Gasteiger partial charge >= 0.3 is 10.2 Å². The van der Waals surface area contributed by atoms with Gasteiger partial charge in [0, 0.05) is 45.3 Å². The third-order valence-electron chi connectivity index (χ3n) is 12.2. The second-order valence-corrected chi connectivity index (χ2v) is 18.0. The third kappa shape index (κ3) is 10.4. The topological polar surface area (TPSA) is 199 Å². The Morgan fingerprint density at radius 2 is 1.76 bits per heavy atom. The van der Waals surface area contributed by atoms with Crippen LogP contribution < -0.4 is 25.7 Å². The number of nitriles is 1. The Labute approximate surface area is 360 Å². The number of aromatic nitrogens is 2. The highest BCUT2D eigenvalue weighted by Gasteiger charge is 2.29. The summed E-state index contributed by atoms with van der Waals surface area (Å²) >= 11 is 0. The van der Waals surface area contributed by atoms with Crippen LogP contribution in [-0.4, -0.2) is 102 Å². The molecule has 1 atom stereocenters. The van der Waals surface area contributed by atoms with Gasteiger partial charge in [0.2, 0.25) is 17.7 Å². The number of ether oxygens (including phenoxy) is 1. The summed E-state index contributed by atoms with van der Waals surface area (Å²) in [5.74, 6) is -0.821. The zero-order valence-electron chi connectivity index (χ0n) is 34.9. The van der Waals surface area contributed by atoms with Gasteiger partial charge in [-0.25, -0.2) is 9.37 Å². The monoisotopic (exact) mass is 869 g/mol. The quantitative estimate of drug-likeness (QED) is 0.137. The molecule has 0 bridgehead atoms. The third-order valence-corrected chi connectivity index (χ3v) is 13.8. The second-order valence-electron chi connectivity index (χ2n) is 16.2. The van der Waals surface area contributed by atoms with Crippen LogP contribution in [0.5, 0.6) is 11.5 Å². The zero-order valence-corrected chi connectivity index (χ0v) is 35.8. The summed E-state index contributed by atoms with van der Waals surface area (Å²) in [7, 11) is -2.64. The number of piperidine rings is 3. The molecule has 0 aliphatic carbocycles. The van der Waals surface area contributed by atoms with E-state index in [0.717, 1.165) is 73.7 Å². The Hall–Kier alpha value is -5.90. The van der Waals surface area contributed by atoms with Gasteiger partial charge in [-0.3, -0.25) is 38.7 Å². The number of anilines is 2. The van der Waals surface area contributed by atoms with Crippen LogP contribution >= 0.6 is 0 Å². The Bertz CT molecular complexity index is 2510. The van der Waals surface area contributed by atoms with Crippen LogP contribution in [0.2, 0.25) is 0 Å². The summed E-state index contributed by atoms with van der Waals surface area (Å²) in [6, 6.07) is 16.2. The molecule has 3 aliphatic heterocycles. The maximum atomic E-state index is 15.0. The number of likely N-dealkylation sites (tertiary alicyclic amines) is 2. The van der Waals surface area contributed by atoms with Crippen LogP contribution in [-0.2, 0) is 31.1 Å². The second kappa shape index (κ2) is 19.4. The van der Waals surface area contributed by atoms with Gasteiger partial charge < -0.3 is 15.0 Å². The molecule has 3 aromatic carbocycles. The Balaban J connectivity index is 0.857. The number of aryl methyl sites for hydroxylation is 1. The smallest absolute Gasteiger partial charge is 0.301 e. The summed E-state index contributed by atoms with van der Waals surface area (Å²) in [6.45, 7) is 5.77. The van der Waals surface area contributed by atoms with Crippen molar-refractivity contribution in [2.75, 3.05) is 56.4 Å². The van der Waals surface area contributed by atoms with E-state index in [1.54, 1.807) is 13.0 Å². The largest absolute Gasteiger partial charge is 0.453 e. The van der Waals surface area contributed by atoms with E-state index in [0.29, 0.717) is 56.4 Å². The van der Waals surface area contributed by atoms with E-state index in [9.17, 15) is 32.9 Å². The first-order valence-corrected chi connectivity index (χ1v) is 22.6. The van der Waals surface area contributed by atoms with Crippen LogP contribution in [0.3, 0.4) is 0 Å². The van der Waals surface area contributed by atoms with Crippen molar-refractivity contribution < 1.29 is 31.9 Å². The lowest BCUT2D eigenvalue weighted by Gasteiger charge is -2.36. The number of imide groups is 1. The van der Waals surface area contributed by atoms with Gasteiger partial charge in [-0.15, -0.1) is 0 Å². The van der Waals surface area contributed by atoms with Crippen LogP contribution in [0.15, 0.2) is 65.7 Å². The lowest BCUT2D eigenvalue weighted by Crippen LogP contribution is -2.47. The number of halogens is 1. The van der Waals surface area contributed by atoms with E-state index in [1.807, 2.05) is 23.1 Å². The number of benzene rings is 3. The molecule has 4 aromatic rings. The molecule has 3 saturated heterocycles. The van der Waals surface area contributed by atoms with Crippen molar-refractivity contribution in [1.29, 1.82) is 5.26 Å². The van der Waals surface area contributed by atoms with Gasteiger partial charge in [0.1, 0.15) is 23.4 Å². The van der Waals surface area contributed by atoms with Crippen molar-refractivity contribution in [3.63, 3.8) is 0 Å². The van der Waals surface area contributed by atoms with Crippen LogP contribution in [0.25, 0.3) is 10.9 Å². The van der Waals surface area contributed by atoms with Crippen LogP contribution in [0.1, 0.15) is 75.3 Å². The average Bonchev–Trinajstić information content (AvgIpc) is 3.27. The minimum atomic E-state index is -4.01. The fourth-order valence-corrected chi connectivity index (χ4v) is 9.28. The summed E-state index contributed by atoms with van der Waals surface area (Å²) in [5.41, 5.74) is 1.71. The molecule has 1 aromatic heterocycles. The first-order valence-electron chi connectivity index (χ1n) is 21.2. The number of amides is 3. The number of carbonyl (C=O) groups is 3. The van der Waals surface area contributed by atoms with E-state index >= 15 is 4.39 Å². The molecule has 3 aliphatic rings. The Morgan fingerprint density at radius 1 is 1.02 bits per heavy atom. The lowest BCUT2D eigenvalue weighted by molar-refractivity contribution is -0.135. The van der Waals surface area contributed by atoms with Crippen molar-refractivity contribution in [3.05, 3.63) is 88.2 Å². The Kier molecular flexibility index (Phi) is 13.8. The molecular formula is C44H52FN9O7S. The highest BCUT2D eigenvalue weighted by atomic mass is 32.2. The standard InChI is InChI=1S/C44H52FN9O7S/c1-3-51(2)62(59,60)50-38-13-11-36(45)42(35(38)26-46)61-33-10-12-37-34(25-33)44(58)54(28-47-37)20-4-5-29-16-23-53(24-17-29)41(56)27-52-21-18-31(19-22-52)30-6-8-32(9-7-30)48-39-14-15-40(55)49-43(39)57/h6-13,25,28-29,31,39,48,50H,3-5,14-24,27H2,1-2H3,(H,49,55,57). The van der Waals surface area contributed by atoms with Crippen molar-refractivity contribution in [1.82, 2.24) is 29.0 Å². The molecule has 1 unspecified atom stereocenters. The number of hydrogen-bond acceptors (Lipinski definition) is 11. The maximum Gasteiger partial charge on any atom is 0.301 e. The number of rotatable bonds is 15. The molecule has 328 valence electrons. The maximum absolute atomic E-state index is 15.0. The molecule has 3 N–H and O–H groups in total. The predicted molar refractivity (Wildman–Crippen MR) is 231 cm³/mol. The summed E-state index contributed by atoms with van der Waals surface area (Å²) in [6.07, 6.45) is 7.66. The van der Waals surface area contributed by atoms with Crippen molar-refractivity contribution in [3.8, 4) is 17.6 Å². The number of hydrogen-bond donors (Lipinski definition) is 3. The predicted octanol–water partition coefficient (Wildman–Crippen LogP) is 4.92. The van der Waals surface area contributed by atoms with E-state index < -0.39 is 27.8 Å². The van der Waals surface area contributed by atoms with Gasteiger partial charge in [-0.05, 0) is 118 Å². The molecule has 7 rings (SSSR count). The van der Waals surface area contributed by atoms with E-state index in [-0.39, 0.29) is 52.2 Å². The first kappa shape index (κ1) is 44.2. The van der Waals surface area contributed by atoms with Gasteiger partial charge in [0.05, 0.1) is 29.5 Å². The molecule has 0 spiro atoms. The van der Waals surface area contributed by atoms with Gasteiger partial charge in [0.25, 0.3) is 5.56 Å². The van der Waals surface area contributed by atoms with Crippen molar-refractivity contribution >= 4 is 50.2 Å². The fraction of sp³-hybridized carbons (Fsp3) is 0.455. The van der Waals surface area contributed by atoms with Crippen LogP contribution in [0.4, 0.5) is 15.8 Å². The summed E-state index contributed by atoms with van der Waals surface area (Å²) < 4.78 is 50.9. The molecule has 0 saturated carbocycles. The number of nitrogens with one attached hydrogen (secondary N) is 3. The first-order chi connectivity index (χ1) is 29.8. The number of nitrogens with zero attached hydrogens (tertiary/aromatic N) is 6. The van der Waals surface area contributed by atoms with Gasteiger partial charge in [0.15, 0.2) is 11.6 Å².